The molecule has 2 aromatic carbocycles. The lowest BCUT2D eigenvalue weighted by Gasteiger charge is -2.09. The van der Waals surface area contributed by atoms with Gasteiger partial charge in [-0.15, -0.1) is 0 Å². The maximum absolute atomic E-state index is 13.7. The standard InChI is InChI=1S/C15H13FN2O4/c1-9-3-4-10(7-14(9)22-2)15(19)17-13-8-11(18(20)21)5-6-12(13)16/h3-8H,1-2H3,(H,17,19). The van der Waals surface area contributed by atoms with Crippen LogP contribution in [0.3, 0.4) is 0 Å². The quantitative estimate of drug-likeness (QED) is 0.694. The molecular weight excluding hydrogens is 291 g/mol. The van der Waals surface area contributed by atoms with E-state index in [1.54, 1.807) is 12.1 Å². The molecule has 114 valence electrons. The molecule has 1 amide bonds. The topological polar surface area (TPSA) is 81.5 Å². The third-order valence-corrected chi connectivity index (χ3v) is 3.08. The fourth-order valence-corrected chi connectivity index (χ4v) is 1.88. The van der Waals surface area contributed by atoms with Crippen LogP contribution in [0.15, 0.2) is 36.4 Å². The Bertz CT molecular complexity index is 746. The number of hydrogen-bond donors (Lipinski definition) is 1. The van der Waals surface area contributed by atoms with Crippen molar-refractivity contribution in [2.45, 2.75) is 6.92 Å². The molecule has 0 aliphatic rings. The smallest absolute Gasteiger partial charge is 0.271 e. The average molecular weight is 304 g/mol. The molecule has 0 fully saturated rings. The summed E-state index contributed by atoms with van der Waals surface area (Å²) in [6.45, 7) is 1.82. The Morgan fingerprint density at radius 3 is 2.64 bits per heavy atom. The number of nitro groups is 1. The summed E-state index contributed by atoms with van der Waals surface area (Å²) in [6, 6.07) is 7.70. The summed E-state index contributed by atoms with van der Waals surface area (Å²) in [7, 11) is 1.48. The molecule has 2 aromatic rings. The second kappa shape index (κ2) is 6.21. The number of non-ortho nitro benzene ring substituents is 1. The van der Waals surface area contributed by atoms with Gasteiger partial charge in [0.25, 0.3) is 11.6 Å². The summed E-state index contributed by atoms with van der Waals surface area (Å²) < 4.78 is 18.8. The molecule has 0 heterocycles. The Morgan fingerprint density at radius 1 is 1.27 bits per heavy atom. The van der Waals surface area contributed by atoms with Crippen LogP contribution in [0.5, 0.6) is 5.75 Å². The van der Waals surface area contributed by atoms with Gasteiger partial charge in [-0.25, -0.2) is 4.39 Å². The predicted molar refractivity (Wildman–Crippen MR) is 78.7 cm³/mol. The summed E-state index contributed by atoms with van der Waals surface area (Å²) in [5, 5.41) is 13.0. The minimum atomic E-state index is -0.752. The lowest BCUT2D eigenvalue weighted by atomic mass is 10.1. The van der Waals surface area contributed by atoms with Gasteiger partial charge in [-0.1, -0.05) is 6.07 Å². The second-order valence-corrected chi connectivity index (χ2v) is 4.56. The number of rotatable bonds is 4. The Hall–Kier alpha value is -2.96. The van der Waals surface area contributed by atoms with Crippen LogP contribution in [-0.4, -0.2) is 17.9 Å². The minimum Gasteiger partial charge on any atom is -0.496 e. The van der Waals surface area contributed by atoms with Crippen molar-refractivity contribution in [1.82, 2.24) is 0 Å². The van der Waals surface area contributed by atoms with Crippen LogP contribution in [0.25, 0.3) is 0 Å². The zero-order valence-electron chi connectivity index (χ0n) is 11.9. The summed E-state index contributed by atoms with van der Waals surface area (Å²) in [5.74, 6) is -0.817. The van der Waals surface area contributed by atoms with E-state index in [2.05, 4.69) is 5.32 Å². The first-order valence-corrected chi connectivity index (χ1v) is 6.32. The number of nitrogens with zero attached hydrogens (tertiary/aromatic N) is 1. The molecule has 0 aliphatic heterocycles. The van der Waals surface area contributed by atoms with Gasteiger partial charge in [0, 0.05) is 17.7 Å². The number of nitro benzene ring substituents is 1. The highest BCUT2D eigenvalue weighted by atomic mass is 19.1. The SMILES string of the molecule is COc1cc(C(=O)Nc2cc([N+](=O)[O-])ccc2F)ccc1C. The number of amides is 1. The predicted octanol–water partition coefficient (Wildman–Crippen LogP) is 3.30. The van der Waals surface area contributed by atoms with E-state index in [0.29, 0.717) is 5.75 Å². The normalized spacial score (nSPS) is 10.1. The molecule has 0 aliphatic carbocycles. The van der Waals surface area contributed by atoms with Crippen LogP contribution in [0.4, 0.5) is 15.8 Å². The fourth-order valence-electron chi connectivity index (χ4n) is 1.88. The van der Waals surface area contributed by atoms with Gasteiger partial charge in [-0.3, -0.25) is 14.9 Å². The maximum Gasteiger partial charge on any atom is 0.271 e. The molecule has 0 saturated carbocycles. The molecule has 0 atom stereocenters. The third-order valence-electron chi connectivity index (χ3n) is 3.08. The molecule has 0 spiro atoms. The zero-order chi connectivity index (χ0) is 16.3. The highest BCUT2D eigenvalue weighted by Crippen LogP contribution is 2.23. The van der Waals surface area contributed by atoms with Gasteiger partial charge in [0.05, 0.1) is 17.7 Å². The first kappa shape index (κ1) is 15.4. The lowest BCUT2D eigenvalue weighted by Crippen LogP contribution is -2.13. The van der Waals surface area contributed by atoms with Crippen LogP contribution < -0.4 is 10.1 Å². The number of carbonyl (C=O) groups excluding carboxylic acids is 1. The van der Waals surface area contributed by atoms with Crippen LogP contribution >= 0.6 is 0 Å². The zero-order valence-corrected chi connectivity index (χ0v) is 11.9. The molecule has 0 saturated heterocycles. The van der Waals surface area contributed by atoms with Crippen molar-refractivity contribution in [1.29, 1.82) is 0 Å². The van der Waals surface area contributed by atoms with Crippen molar-refractivity contribution in [3.8, 4) is 5.75 Å². The van der Waals surface area contributed by atoms with E-state index in [4.69, 9.17) is 4.74 Å². The molecule has 2 rings (SSSR count). The number of halogens is 1. The molecular formula is C15H13FN2O4. The highest BCUT2D eigenvalue weighted by Gasteiger charge is 2.15. The van der Waals surface area contributed by atoms with Crippen molar-refractivity contribution in [2.75, 3.05) is 12.4 Å². The number of ether oxygens (including phenoxy) is 1. The molecule has 1 N–H and O–H groups in total. The van der Waals surface area contributed by atoms with Gasteiger partial charge in [-0.2, -0.15) is 0 Å². The third kappa shape index (κ3) is 3.20. The number of carbonyl (C=O) groups is 1. The highest BCUT2D eigenvalue weighted by molar-refractivity contribution is 6.04. The summed E-state index contributed by atoms with van der Waals surface area (Å²) >= 11 is 0. The van der Waals surface area contributed by atoms with E-state index in [-0.39, 0.29) is 16.9 Å². The fraction of sp³-hybridized carbons (Fsp3) is 0.133. The van der Waals surface area contributed by atoms with Crippen LogP contribution in [-0.2, 0) is 0 Å². The lowest BCUT2D eigenvalue weighted by molar-refractivity contribution is -0.384. The maximum atomic E-state index is 13.7. The molecule has 0 unspecified atom stereocenters. The second-order valence-electron chi connectivity index (χ2n) is 4.56. The van der Waals surface area contributed by atoms with Gasteiger partial charge in [0.2, 0.25) is 0 Å². The van der Waals surface area contributed by atoms with Crippen LogP contribution in [0.2, 0.25) is 0 Å². The number of aryl methyl sites for hydroxylation is 1. The minimum absolute atomic E-state index is 0.251. The van der Waals surface area contributed by atoms with E-state index in [9.17, 15) is 19.3 Å². The average Bonchev–Trinajstić information content (AvgIpc) is 2.49. The number of nitrogens with one attached hydrogen (secondary N) is 1. The molecule has 0 aromatic heterocycles. The van der Waals surface area contributed by atoms with Crippen molar-refractivity contribution in [3.63, 3.8) is 0 Å². The van der Waals surface area contributed by atoms with Gasteiger partial charge in [0.1, 0.15) is 11.6 Å². The van der Waals surface area contributed by atoms with Crippen molar-refractivity contribution < 1.29 is 18.8 Å². The summed E-state index contributed by atoms with van der Waals surface area (Å²) in [6.07, 6.45) is 0. The van der Waals surface area contributed by atoms with E-state index in [1.807, 2.05) is 6.92 Å². The Labute approximate surface area is 125 Å². The van der Waals surface area contributed by atoms with Gasteiger partial charge in [-0.05, 0) is 30.7 Å². The van der Waals surface area contributed by atoms with E-state index >= 15 is 0 Å². The summed E-state index contributed by atoms with van der Waals surface area (Å²) in [5.41, 5.74) is 0.547. The number of benzene rings is 2. The number of hydrogen-bond acceptors (Lipinski definition) is 4. The Kier molecular flexibility index (Phi) is 4.36. The van der Waals surface area contributed by atoms with E-state index in [0.717, 1.165) is 23.8 Å². The Balaban J connectivity index is 2.29. The van der Waals surface area contributed by atoms with Gasteiger partial charge < -0.3 is 10.1 Å². The van der Waals surface area contributed by atoms with Crippen molar-refractivity contribution in [3.05, 3.63) is 63.5 Å². The van der Waals surface area contributed by atoms with Crippen LogP contribution in [0.1, 0.15) is 15.9 Å². The molecule has 22 heavy (non-hydrogen) atoms. The van der Waals surface area contributed by atoms with Gasteiger partial charge in [0.15, 0.2) is 0 Å². The Morgan fingerprint density at radius 2 is 2.00 bits per heavy atom. The largest absolute Gasteiger partial charge is 0.496 e. The first-order valence-electron chi connectivity index (χ1n) is 6.32. The van der Waals surface area contributed by atoms with Gasteiger partial charge >= 0.3 is 0 Å². The number of anilines is 1. The van der Waals surface area contributed by atoms with Crippen molar-refractivity contribution >= 4 is 17.3 Å². The molecule has 6 nitrogen and oxygen atoms in total. The van der Waals surface area contributed by atoms with E-state index < -0.39 is 16.6 Å². The van der Waals surface area contributed by atoms with Crippen molar-refractivity contribution in [2.24, 2.45) is 0 Å². The molecule has 0 radical (unpaired) electrons. The van der Waals surface area contributed by atoms with Crippen LogP contribution in [0, 0.1) is 22.9 Å². The van der Waals surface area contributed by atoms with E-state index in [1.165, 1.54) is 13.2 Å². The molecule has 0 bridgehead atoms. The monoisotopic (exact) mass is 304 g/mol. The number of methoxy groups -OCH3 is 1. The first-order chi connectivity index (χ1) is 10.4. The molecule has 7 heteroatoms. The summed E-state index contributed by atoms with van der Waals surface area (Å²) in [4.78, 5) is 22.2.